The number of fused-ring (bicyclic) bond motifs is 1. The molecule has 3 fully saturated rings. The fourth-order valence-electron chi connectivity index (χ4n) is 4.86. The Morgan fingerprint density at radius 3 is 2.68 bits per heavy atom. The largest absolute Gasteiger partial charge is 0.394 e. The molecular formula is C17H27F2NO2. The number of aliphatic hydroxyl groups is 1. The average Bonchev–Trinajstić information content (AvgIpc) is 3.01. The van der Waals surface area contributed by atoms with Gasteiger partial charge in [0, 0.05) is 24.8 Å². The molecule has 0 radical (unpaired) electrons. The fraction of sp³-hybridized carbons (Fsp3) is 0.941. The Morgan fingerprint density at radius 2 is 2.00 bits per heavy atom. The minimum atomic E-state index is -2.74. The van der Waals surface area contributed by atoms with Crippen molar-refractivity contribution in [2.45, 2.75) is 76.8 Å². The number of hydrogen-bond donors (Lipinski definition) is 1. The second-order valence-electron chi connectivity index (χ2n) is 8.18. The highest BCUT2D eigenvalue weighted by Crippen LogP contribution is 2.50. The van der Waals surface area contributed by atoms with E-state index in [0.717, 1.165) is 25.7 Å². The molecule has 1 saturated heterocycles. The molecule has 2 aliphatic carbocycles. The van der Waals surface area contributed by atoms with Crippen molar-refractivity contribution < 1.29 is 18.7 Å². The van der Waals surface area contributed by atoms with Gasteiger partial charge in [0.25, 0.3) is 0 Å². The van der Waals surface area contributed by atoms with Crippen molar-refractivity contribution >= 4 is 5.91 Å². The molecule has 0 bridgehead atoms. The highest BCUT2D eigenvalue weighted by atomic mass is 19.3. The van der Waals surface area contributed by atoms with Crippen LogP contribution in [0.25, 0.3) is 0 Å². The van der Waals surface area contributed by atoms with Crippen molar-refractivity contribution in [1.82, 2.24) is 4.90 Å². The summed E-state index contributed by atoms with van der Waals surface area (Å²) in [5, 5.41) is 9.63. The standard InChI is InChI=1S/C17H27F2NO2/c1-16(2)6-7-17(18,19)9-13(16)15(22)20-12(10-21)8-11-4-3-5-14(11)20/h11-14,21H,3-10H2,1-2H3/t11-,12-,13?,14-/m0/s1. The van der Waals surface area contributed by atoms with Crippen LogP contribution >= 0.6 is 0 Å². The predicted octanol–water partition coefficient (Wildman–Crippen LogP) is 3.21. The Bertz CT molecular complexity index is 448. The highest BCUT2D eigenvalue weighted by Gasteiger charge is 2.53. The molecule has 1 amide bonds. The third-order valence-electron chi connectivity index (χ3n) is 6.29. The van der Waals surface area contributed by atoms with E-state index in [0.29, 0.717) is 12.3 Å². The van der Waals surface area contributed by atoms with Gasteiger partial charge < -0.3 is 10.0 Å². The van der Waals surface area contributed by atoms with E-state index in [4.69, 9.17) is 0 Å². The maximum atomic E-state index is 13.9. The van der Waals surface area contributed by atoms with Crippen LogP contribution in [0.15, 0.2) is 0 Å². The summed E-state index contributed by atoms with van der Waals surface area (Å²) in [6.45, 7) is 3.81. The zero-order valence-electron chi connectivity index (χ0n) is 13.5. The van der Waals surface area contributed by atoms with Gasteiger partial charge >= 0.3 is 0 Å². The molecule has 3 aliphatic rings. The molecule has 5 heteroatoms. The third kappa shape index (κ3) is 2.66. The minimum absolute atomic E-state index is 0.0533. The Kier molecular flexibility index (Phi) is 3.99. The van der Waals surface area contributed by atoms with Crippen molar-refractivity contribution in [2.24, 2.45) is 17.3 Å². The van der Waals surface area contributed by atoms with Crippen LogP contribution in [0, 0.1) is 17.3 Å². The van der Waals surface area contributed by atoms with E-state index in [-0.39, 0.29) is 37.4 Å². The molecule has 3 rings (SSSR count). The minimum Gasteiger partial charge on any atom is -0.394 e. The Balaban J connectivity index is 1.84. The number of carbonyl (C=O) groups excluding carboxylic acids is 1. The summed E-state index contributed by atoms with van der Waals surface area (Å²) in [7, 11) is 0. The lowest BCUT2D eigenvalue weighted by Gasteiger charge is -2.44. The van der Waals surface area contributed by atoms with Gasteiger partial charge in [0.1, 0.15) is 0 Å². The van der Waals surface area contributed by atoms with Crippen molar-refractivity contribution in [3.63, 3.8) is 0 Å². The van der Waals surface area contributed by atoms with Crippen molar-refractivity contribution in [2.75, 3.05) is 6.61 Å². The fourth-order valence-corrected chi connectivity index (χ4v) is 4.86. The molecule has 3 nitrogen and oxygen atoms in total. The van der Waals surface area contributed by atoms with E-state index < -0.39 is 17.3 Å². The number of likely N-dealkylation sites (tertiary alicyclic amines) is 1. The third-order valence-corrected chi connectivity index (χ3v) is 6.29. The molecule has 1 unspecified atom stereocenters. The SMILES string of the molecule is CC1(C)CCC(F)(F)CC1C(=O)N1[C@H](CO)C[C@@H]2CCC[C@@H]21. The topological polar surface area (TPSA) is 40.5 Å². The molecule has 0 aromatic heterocycles. The van der Waals surface area contributed by atoms with Crippen molar-refractivity contribution in [3.8, 4) is 0 Å². The van der Waals surface area contributed by atoms with Gasteiger partial charge in [0.2, 0.25) is 11.8 Å². The lowest BCUT2D eigenvalue weighted by Crippen LogP contribution is -2.52. The zero-order valence-corrected chi connectivity index (χ0v) is 13.5. The maximum Gasteiger partial charge on any atom is 0.249 e. The Hall–Kier alpha value is -0.710. The van der Waals surface area contributed by atoms with Crippen LogP contribution in [0.5, 0.6) is 0 Å². The van der Waals surface area contributed by atoms with Gasteiger partial charge in [-0.2, -0.15) is 0 Å². The van der Waals surface area contributed by atoms with Crippen molar-refractivity contribution in [3.05, 3.63) is 0 Å². The molecule has 0 aromatic carbocycles. The summed E-state index contributed by atoms with van der Waals surface area (Å²) in [5.41, 5.74) is -0.393. The monoisotopic (exact) mass is 315 g/mol. The summed E-state index contributed by atoms with van der Waals surface area (Å²) in [5.74, 6) is -3.06. The first-order valence-corrected chi connectivity index (χ1v) is 8.56. The zero-order chi connectivity index (χ0) is 16.1. The number of hydrogen-bond acceptors (Lipinski definition) is 2. The van der Waals surface area contributed by atoms with Gasteiger partial charge in [-0.25, -0.2) is 8.78 Å². The van der Waals surface area contributed by atoms with Crippen LogP contribution in [0.2, 0.25) is 0 Å². The summed E-state index contributed by atoms with van der Waals surface area (Å²) in [6, 6.07) is -0.00912. The summed E-state index contributed by atoms with van der Waals surface area (Å²) in [4.78, 5) is 14.9. The number of halogens is 2. The van der Waals surface area contributed by atoms with E-state index in [2.05, 4.69) is 0 Å². The number of nitrogens with zero attached hydrogens (tertiary/aromatic N) is 1. The molecule has 2 saturated carbocycles. The second kappa shape index (κ2) is 5.43. The first-order valence-electron chi connectivity index (χ1n) is 8.56. The van der Waals surface area contributed by atoms with Gasteiger partial charge in [-0.3, -0.25) is 4.79 Å². The Morgan fingerprint density at radius 1 is 1.27 bits per heavy atom. The summed E-state index contributed by atoms with van der Waals surface area (Å²) >= 11 is 0. The van der Waals surface area contributed by atoms with Gasteiger partial charge in [0.15, 0.2) is 0 Å². The van der Waals surface area contributed by atoms with Crippen LogP contribution in [0.3, 0.4) is 0 Å². The molecular weight excluding hydrogens is 288 g/mol. The first kappa shape index (κ1) is 16.2. The number of carbonyl (C=O) groups is 1. The molecule has 4 atom stereocenters. The van der Waals surface area contributed by atoms with E-state index in [1.807, 2.05) is 13.8 Å². The smallest absolute Gasteiger partial charge is 0.249 e. The first-order chi connectivity index (χ1) is 10.2. The lowest BCUT2D eigenvalue weighted by molar-refractivity contribution is -0.156. The summed E-state index contributed by atoms with van der Waals surface area (Å²) in [6.07, 6.45) is 3.88. The number of amides is 1. The van der Waals surface area contributed by atoms with E-state index in [1.165, 1.54) is 0 Å². The molecule has 126 valence electrons. The summed E-state index contributed by atoms with van der Waals surface area (Å²) < 4.78 is 27.7. The number of aliphatic hydroxyl groups excluding tert-OH is 1. The van der Waals surface area contributed by atoms with Crippen LogP contribution < -0.4 is 0 Å². The molecule has 0 aromatic rings. The van der Waals surface area contributed by atoms with E-state index in [1.54, 1.807) is 4.90 Å². The van der Waals surface area contributed by atoms with Gasteiger partial charge in [-0.15, -0.1) is 0 Å². The highest BCUT2D eigenvalue weighted by molar-refractivity contribution is 5.81. The normalized spacial score (nSPS) is 39.8. The molecule has 1 aliphatic heterocycles. The van der Waals surface area contributed by atoms with Gasteiger partial charge in [0.05, 0.1) is 12.6 Å². The number of alkyl halides is 2. The van der Waals surface area contributed by atoms with Gasteiger partial charge in [-0.1, -0.05) is 20.3 Å². The Labute approximate surface area is 131 Å². The molecule has 1 heterocycles. The van der Waals surface area contributed by atoms with E-state index in [9.17, 15) is 18.7 Å². The molecule has 0 spiro atoms. The van der Waals surface area contributed by atoms with Gasteiger partial charge in [-0.05, 0) is 37.0 Å². The van der Waals surface area contributed by atoms with E-state index >= 15 is 0 Å². The number of rotatable bonds is 2. The average molecular weight is 315 g/mol. The second-order valence-corrected chi connectivity index (χ2v) is 8.18. The quantitative estimate of drug-likeness (QED) is 0.850. The van der Waals surface area contributed by atoms with Crippen LogP contribution in [-0.4, -0.2) is 40.5 Å². The van der Waals surface area contributed by atoms with Crippen LogP contribution in [0.4, 0.5) is 8.78 Å². The van der Waals surface area contributed by atoms with Crippen molar-refractivity contribution in [1.29, 1.82) is 0 Å². The predicted molar refractivity (Wildman–Crippen MR) is 79.5 cm³/mol. The van der Waals surface area contributed by atoms with Crippen LogP contribution in [0.1, 0.15) is 58.8 Å². The van der Waals surface area contributed by atoms with Crippen LogP contribution in [-0.2, 0) is 4.79 Å². The maximum absolute atomic E-state index is 13.9. The lowest BCUT2D eigenvalue weighted by atomic mass is 9.67. The molecule has 22 heavy (non-hydrogen) atoms. The molecule has 1 N–H and O–H groups in total.